The van der Waals surface area contributed by atoms with Crippen molar-refractivity contribution in [2.24, 2.45) is 0 Å². The van der Waals surface area contributed by atoms with E-state index in [1.807, 2.05) is 68.4 Å². The van der Waals surface area contributed by atoms with Crippen LogP contribution in [0.3, 0.4) is 0 Å². The van der Waals surface area contributed by atoms with E-state index in [-0.39, 0.29) is 67.3 Å². The van der Waals surface area contributed by atoms with Crippen molar-refractivity contribution in [3.8, 4) is 5.75 Å². The van der Waals surface area contributed by atoms with Crippen molar-refractivity contribution in [3.05, 3.63) is 59.8 Å². The van der Waals surface area contributed by atoms with E-state index in [2.05, 4.69) is 0 Å². The smallest absolute Gasteiger partial charge is 0.416 e. The molecule has 2 bridgehead atoms. The minimum Gasteiger partial charge on any atom is -0.490 e. The molecular weight excluding hydrogens is 661 g/mol. The molecule has 0 aliphatic carbocycles. The van der Waals surface area contributed by atoms with Crippen LogP contribution < -0.4 is 4.74 Å². The third-order valence-electron chi connectivity index (χ3n) is 9.49. The van der Waals surface area contributed by atoms with E-state index >= 15 is 0 Å². The van der Waals surface area contributed by atoms with Gasteiger partial charge in [-0.15, -0.1) is 0 Å². The minimum atomic E-state index is -4.57. The van der Waals surface area contributed by atoms with Crippen molar-refractivity contribution in [2.45, 2.75) is 101 Å². The van der Waals surface area contributed by atoms with E-state index in [4.69, 9.17) is 9.47 Å². The summed E-state index contributed by atoms with van der Waals surface area (Å²) in [5.74, 6) is 0.453. The van der Waals surface area contributed by atoms with Gasteiger partial charge in [0.1, 0.15) is 23.1 Å². The highest BCUT2D eigenvalue weighted by Gasteiger charge is 2.45. The molecule has 3 atom stereocenters. The van der Waals surface area contributed by atoms with E-state index in [1.54, 1.807) is 4.90 Å². The van der Waals surface area contributed by atoms with Crippen LogP contribution >= 0.6 is 0 Å². The van der Waals surface area contributed by atoms with E-state index in [0.717, 1.165) is 48.0 Å². The van der Waals surface area contributed by atoms with Gasteiger partial charge in [-0.3, -0.25) is 4.79 Å². The highest BCUT2D eigenvalue weighted by Crippen LogP contribution is 2.39. The first-order chi connectivity index (χ1) is 22.9. The summed E-state index contributed by atoms with van der Waals surface area (Å²) in [5.41, 5.74) is -0.133. The first-order valence-corrected chi connectivity index (χ1v) is 18.2. The van der Waals surface area contributed by atoms with Gasteiger partial charge in [0, 0.05) is 68.0 Å². The van der Waals surface area contributed by atoms with Crippen LogP contribution in [0.25, 0.3) is 10.9 Å². The molecule has 49 heavy (non-hydrogen) atoms. The molecule has 2 aromatic carbocycles. The second-order valence-electron chi connectivity index (χ2n) is 14.4. The zero-order valence-corrected chi connectivity index (χ0v) is 29.2. The predicted octanol–water partition coefficient (Wildman–Crippen LogP) is 6.70. The first-order valence-electron chi connectivity index (χ1n) is 16.7. The molecule has 3 aliphatic rings. The molecule has 3 fully saturated rings. The number of ether oxygens (including phenoxy) is 2. The number of aromatic nitrogens is 1. The lowest BCUT2D eigenvalue weighted by atomic mass is 10.00. The Kier molecular flexibility index (Phi) is 9.18. The summed E-state index contributed by atoms with van der Waals surface area (Å²) < 4.78 is 80.5. The quantitative estimate of drug-likeness (QED) is 0.283. The largest absolute Gasteiger partial charge is 0.490 e. The molecule has 3 aliphatic heterocycles. The highest BCUT2D eigenvalue weighted by atomic mass is 32.2. The minimum absolute atomic E-state index is 0.0176. The number of alkyl halides is 3. The number of halogens is 3. The molecule has 2 amide bonds. The van der Waals surface area contributed by atoms with Gasteiger partial charge in [-0.05, 0) is 96.0 Å². The molecule has 10 nitrogen and oxygen atoms in total. The lowest BCUT2D eigenvalue weighted by Crippen LogP contribution is -2.50. The second kappa shape index (κ2) is 12.8. The lowest BCUT2D eigenvalue weighted by Gasteiger charge is -2.39. The Morgan fingerprint density at radius 3 is 2.04 bits per heavy atom. The standard InChI is InChI=1S/C35H43F3N4O6S/c1-22(2)41-30-13-10-27(47-28-20-25-8-9-26(21-28)42(25)33(44)48-34(3,4)5)18-23(30)19-31(41)32(43)39-14-16-40(17-15-39)49(45,46)29-11-6-24(7-12-29)35(36,37)38/h6-7,10-13,18-19,22,25-26,28H,8-9,14-17,20-21H2,1-5H3/t25-,26+,28?. The molecule has 266 valence electrons. The number of piperidine rings is 1. The van der Waals surface area contributed by atoms with Crippen LogP contribution in [0.1, 0.15) is 82.4 Å². The Labute approximate surface area is 284 Å². The normalized spacial score (nSPS) is 22.2. The highest BCUT2D eigenvalue weighted by molar-refractivity contribution is 7.89. The van der Waals surface area contributed by atoms with Gasteiger partial charge in [-0.1, -0.05) is 0 Å². The molecule has 0 radical (unpaired) electrons. The maximum atomic E-state index is 13.9. The van der Waals surface area contributed by atoms with Gasteiger partial charge in [0.15, 0.2) is 0 Å². The summed E-state index contributed by atoms with van der Waals surface area (Å²) in [6.45, 7) is 9.89. The number of fused-ring (bicyclic) bond motifs is 3. The summed E-state index contributed by atoms with van der Waals surface area (Å²) in [4.78, 5) is 30.0. The Morgan fingerprint density at radius 2 is 1.49 bits per heavy atom. The number of carbonyl (C=O) groups is 2. The van der Waals surface area contributed by atoms with Crippen LogP contribution in [0, 0.1) is 0 Å². The average Bonchev–Trinajstić information content (AvgIpc) is 3.54. The average molecular weight is 705 g/mol. The van der Waals surface area contributed by atoms with Crippen molar-refractivity contribution in [1.82, 2.24) is 18.7 Å². The van der Waals surface area contributed by atoms with Gasteiger partial charge < -0.3 is 23.8 Å². The number of rotatable bonds is 6. The molecule has 4 heterocycles. The van der Waals surface area contributed by atoms with Crippen LogP contribution in [-0.2, 0) is 20.9 Å². The fourth-order valence-corrected chi connectivity index (χ4v) is 8.72. The number of nitrogens with zero attached hydrogens (tertiary/aromatic N) is 4. The third-order valence-corrected chi connectivity index (χ3v) is 11.4. The fourth-order valence-electron chi connectivity index (χ4n) is 7.30. The molecule has 1 unspecified atom stereocenters. The number of benzene rings is 2. The van der Waals surface area contributed by atoms with Crippen LogP contribution in [0.15, 0.2) is 53.4 Å². The number of carbonyl (C=O) groups excluding carboxylic acids is 2. The fraction of sp³-hybridized carbons (Fsp3) is 0.543. The van der Waals surface area contributed by atoms with Crippen molar-refractivity contribution >= 4 is 32.9 Å². The van der Waals surface area contributed by atoms with Gasteiger partial charge in [0.2, 0.25) is 10.0 Å². The van der Waals surface area contributed by atoms with E-state index in [0.29, 0.717) is 24.3 Å². The van der Waals surface area contributed by atoms with Gasteiger partial charge in [0.05, 0.1) is 10.5 Å². The topological polar surface area (TPSA) is 101 Å². The Hall–Kier alpha value is -3.78. The van der Waals surface area contributed by atoms with Crippen LogP contribution in [0.5, 0.6) is 5.75 Å². The predicted molar refractivity (Wildman–Crippen MR) is 177 cm³/mol. The van der Waals surface area contributed by atoms with E-state index in [1.165, 1.54) is 4.31 Å². The van der Waals surface area contributed by atoms with Crippen molar-refractivity contribution in [1.29, 1.82) is 0 Å². The molecular formula is C35H43F3N4O6S. The van der Waals surface area contributed by atoms with Crippen molar-refractivity contribution in [3.63, 3.8) is 0 Å². The third kappa shape index (κ3) is 7.12. The molecule has 3 saturated heterocycles. The van der Waals surface area contributed by atoms with Crippen LogP contribution in [-0.4, -0.2) is 89.1 Å². The maximum Gasteiger partial charge on any atom is 0.416 e. The van der Waals surface area contributed by atoms with Crippen LogP contribution in [0.2, 0.25) is 0 Å². The summed E-state index contributed by atoms with van der Waals surface area (Å²) in [6, 6.07) is 11.2. The Balaban J connectivity index is 1.13. The molecule has 0 N–H and O–H groups in total. The molecule has 6 rings (SSSR count). The number of hydrogen-bond donors (Lipinski definition) is 0. The monoisotopic (exact) mass is 704 g/mol. The van der Waals surface area contributed by atoms with Crippen LogP contribution in [0.4, 0.5) is 18.0 Å². The Bertz CT molecular complexity index is 1810. The maximum absolute atomic E-state index is 13.9. The molecule has 0 saturated carbocycles. The summed E-state index contributed by atoms with van der Waals surface area (Å²) >= 11 is 0. The zero-order valence-electron chi connectivity index (χ0n) is 28.4. The summed E-state index contributed by atoms with van der Waals surface area (Å²) in [6.07, 6.45) is -1.63. The zero-order chi connectivity index (χ0) is 35.5. The second-order valence-corrected chi connectivity index (χ2v) is 16.4. The SMILES string of the molecule is CC(C)n1c(C(=O)N2CCN(S(=O)(=O)c3ccc(C(F)(F)F)cc3)CC2)cc2cc(OC3C[C@H]4CC[C@@H](C3)N4C(=O)OC(C)(C)C)ccc21. The molecule has 1 aromatic heterocycles. The number of amides is 2. The molecule has 0 spiro atoms. The van der Waals surface area contributed by atoms with Crippen molar-refractivity contribution < 1.29 is 40.7 Å². The number of hydrogen-bond acceptors (Lipinski definition) is 6. The van der Waals surface area contributed by atoms with Gasteiger partial charge in [-0.2, -0.15) is 17.5 Å². The summed E-state index contributed by atoms with van der Waals surface area (Å²) in [5, 5.41) is 0.840. The first kappa shape index (κ1) is 35.1. The lowest BCUT2D eigenvalue weighted by molar-refractivity contribution is -0.137. The van der Waals surface area contributed by atoms with E-state index < -0.39 is 27.4 Å². The number of sulfonamides is 1. The Morgan fingerprint density at radius 1 is 0.878 bits per heavy atom. The summed E-state index contributed by atoms with van der Waals surface area (Å²) in [7, 11) is -4.03. The van der Waals surface area contributed by atoms with Gasteiger partial charge in [0.25, 0.3) is 5.91 Å². The number of piperazine rings is 1. The van der Waals surface area contributed by atoms with Gasteiger partial charge >= 0.3 is 12.3 Å². The molecule has 3 aromatic rings. The molecule has 14 heteroatoms. The van der Waals surface area contributed by atoms with E-state index in [9.17, 15) is 31.2 Å². The van der Waals surface area contributed by atoms with Crippen molar-refractivity contribution in [2.75, 3.05) is 26.2 Å². The van der Waals surface area contributed by atoms with Gasteiger partial charge in [-0.25, -0.2) is 13.2 Å².